The third-order valence-electron chi connectivity index (χ3n) is 7.51. The Morgan fingerprint density at radius 3 is 2.48 bits per heavy atom. The molecule has 0 spiro atoms. The van der Waals surface area contributed by atoms with Crippen LogP contribution in [0.15, 0.2) is 60.3 Å². The van der Waals surface area contributed by atoms with Crippen LogP contribution in [0.2, 0.25) is 0 Å². The molecule has 0 aliphatic carbocycles. The van der Waals surface area contributed by atoms with Crippen LogP contribution in [0.4, 0.5) is 0 Å². The summed E-state index contributed by atoms with van der Waals surface area (Å²) in [6.45, 7) is 5.92. The summed E-state index contributed by atoms with van der Waals surface area (Å²) in [4.78, 5) is 30.9. The van der Waals surface area contributed by atoms with Crippen LogP contribution in [-0.4, -0.2) is 90.0 Å². The number of ether oxygens (including phenoxy) is 3. The molecule has 40 heavy (non-hydrogen) atoms. The highest BCUT2D eigenvalue weighted by atomic mass is 16.5. The fourth-order valence-electron chi connectivity index (χ4n) is 5.47. The molecular formula is C30H34N4O6. The van der Waals surface area contributed by atoms with Crippen LogP contribution < -0.4 is 9.47 Å². The van der Waals surface area contributed by atoms with Gasteiger partial charge in [0.05, 0.1) is 62.2 Å². The molecule has 1 amide bonds. The highest BCUT2D eigenvalue weighted by molar-refractivity contribution is 6.46. The second kappa shape index (κ2) is 11.9. The molecule has 0 radical (unpaired) electrons. The molecule has 2 aliphatic heterocycles. The predicted molar refractivity (Wildman–Crippen MR) is 149 cm³/mol. The van der Waals surface area contributed by atoms with Gasteiger partial charge in [0.1, 0.15) is 5.76 Å². The normalized spacial score (nSPS) is 19.3. The van der Waals surface area contributed by atoms with E-state index in [-0.39, 0.29) is 11.3 Å². The minimum atomic E-state index is -0.866. The van der Waals surface area contributed by atoms with Gasteiger partial charge in [-0.1, -0.05) is 30.3 Å². The predicted octanol–water partition coefficient (Wildman–Crippen LogP) is 3.34. The first-order valence-corrected chi connectivity index (χ1v) is 13.4. The molecule has 0 saturated carbocycles. The average molecular weight is 547 g/mol. The first-order chi connectivity index (χ1) is 19.5. The smallest absolute Gasteiger partial charge is 0.295 e. The summed E-state index contributed by atoms with van der Waals surface area (Å²) in [6, 6.07) is 14.0. The molecule has 1 atom stereocenters. The van der Waals surface area contributed by atoms with E-state index in [9.17, 15) is 14.7 Å². The minimum Gasteiger partial charge on any atom is -0.507 e. The number of aliphatic hydroxyl groups is 1. The summed E-state index contributed by atoms with van der Waals surface area (Å²) in [7, 11) is 3.04. The fraction of sp³-hybridized carbons (Fsp3) is 0.367. The third-order valence-corrected chi connectivity index (χ3v) is 7.51. The maximum absolute atomic E-state index is 13.6. The first kappa shape index (κ1) is 27.4. The van der Waals surface area contributed by atoms with Crippen LogP contribution in [0, 0.1) is 6.92 Å². The molecule has 2 aliphatic rings. The number of amides is 1. The topological polar surface area (TPSA) is 106 Å². The zero-order valence-corrected chi connectivity index (χ0v) is 23.0. The van der Waals surface area contributed by atoms with Crippen molar-refractivity contribution in [2.24, 2.45) is 0 Å². The van der Waals surface area contributed by atoms with Crippen molar-refractivity contribution in [3.8, 4) is 17.2 Å². The van der Waals surface area contributed by atoms with Gasteiger partial charge in [0.25, 0.3) is 11.7 Å². The van der Waals surface area contributed by atoms with Gasteiger partial charge in [-0.05, 0) is 31.5 Å². The van der Waals surface area contributed by atoms with Gasteiger partial charge < -0.3 is 24.2 Å². The molecule has 2 saturated heterocycles. The Hall–Kier alpha value is -4.15. The van der Waals surface area contributed by atoms with E-state index >= 15 is 0 Å². The Balaban J connectivity index is 1.57. The standard InChI is InChI=1S/C30H34N4O6/c1-20-23(19-31-34(20)21-9-5-4-6-10-21)27(35)25-26(22-11-7-12-24(38-2)29(22)39-3)33(30(37)28(25)36)14-8-13-32-15-17-40-18-16-32/h4-7,9-12,19,26,35H,8,13-18H2,1-3H3/b27-25+/t26-/m0/s1. The zero-order valence-electron chi connectivity index (χ0n) is 23.0. The number of methoxy groups -OCH3 is 2. The van der Waals surface area contributed by atoms with Crippen molar-refractivity contribution >= 4 is 17.4 Å². The van der Waals surface area contributed by atoms with Crippen LogP contribution in [0.5, 0.6) is 11.5 Å². The number of likely N-dealkylation sites (tertiary alicyclic amines) is 1. The molecule has 10 nitrogen and oxygen atoms in total. The summed E-state index contributed by atoms with van der Waals surface area (Å²) in [5, 5.41) is 16.1. The van der Waals surface area contributed by atoms with E-state index in [4.69, 9.17) is 14.2 Å². The molecule has 1 N–H and O–H groups in total. The van der Waals surface area contributed by atoms with Crippen molar-refractivity contribution in [1.82, 2.24) is 19.6 Å². The average Bonchev–Trinajstić information content (AvgIpc) is 3.49. The lowest BCUT2D eigenvalue weighted by Gasteiger charge is -2.29. The van der Waals surface area contributed by atoms with Crippen LogP contribution in [0.25, 0.3) is 11.4 Å². The summed E-state index contributed by atoms with van der Waals surface area (Å²) in [6.07, 6.45) is 2.17. The van der Waals surface area contributed by atoms with Crippen LogP contribution >= 0.6 is 0 Å². The molecule has 2 aromatic carbocycles. The number of morpholine rings is 1. The number of nitrogens with zero attached hydrogens (tertiary/aromatic N) is 4. The Labute approximate surface area is 233 Å². The molecule has 210 valence electrons. The monoisotopic (exact) mass is 546 g/mol. The van der Waals surface area contributed by atoms with Gasteiger partial charge in [0, 0.05) is 31.7 Å². The van der Waals surface area contributed by atoms with Crippen LogP contribution in [0.3, 0.4) is 0 Å². The highest BCUT2D eigenvalue weighted by Gasteiger charge is 2.47. The number of hydrogen-bond donors (Lipinski definition) is 1. The Morgan fingerprint density at radius 2 is 1.77 bits per heavy atom. The number of aliphatic hydroxyl groups excluding tert-OH is 1. The highest BCUT2D eigenvalue weighted by Crippen LogP contribution is 2.45. The van der Waals surface area contributed by atoms with Crippen molar-refractivity contribution in [2.75, 3.05) is 53.6 Å². The van der Waals surface area contributed by atoms with Gasteiger partial charge in [-0.2, -0.15) is 5.10 Å². The number of benzene rings is 2. The van der Waals surface area contributed by atoms with E-state index in [1.54, 1.807) is 22.9 Å². The van der Waals surface area contributed by atoms with Crippen molar-refractivity contribution in [3.63, 3.8) is 0 Å². The number of hydrogen-bond acceptors (Lipinski definition) is 8. The quantitative estimate of drug-likeness (QED) is 0.248. The maximum Gasteiger partial charge on any atom is 0.295 e. The fourth-order valence-corrected chi connectivity index (χ4v) is 5.47. The van der Waals surface area contributed by atoms with E-state index in [0.29, 0.717) is 54.5 Å². The molecule has 2 fully saturated rings. The molecule has 5 rings (SSSR count). The number of aromatic nitrogens is 2. The Bertz CT molecular complexity index is 1410. The van der Waals surface area contributed by atoms with Gasteiger partial charge in [-0.3, -0.25) is 14.5 Å². The summed E-state index contributed by atoms with van der Waals surface area (Å²) in [5.41, 5.74) is 2.38. The lowest BCUT2D eigenvalue weighted by Crippen LogP contribution is -2.39. The summed E-state index contributed by atoms with van der Waals surface area (Å²) < 4.78 is 18.3. The number of carbonyl (C=O) groups excluding carboxylic acids is 2. The molecule has 0 unspecified atom stereocenters. The Kier molecular flexibility index (Phi) is 8.18. The number of rotatable bonds is 9. The van der Waals surface area contributed by atoms with E-state index in [1.807, 2.05) is 37.3 Å². The summed E-state index contributed by atoms with van der Waals surface area (Å²) >= 11 is 0. The van der Waals surface area contributed by atoms with E-state index in [1.165, 1.54) is 25.3 Å². The lowest BCUT2D eigenvalue weighted by atomic mass is 9.94. The van der Waals surface area contributed by atoms with Gasteiger partial charge >= 0.3 is 0 Å². The SMILES string of the molecule is COc1cccc([C@H]2/C(=C(\O)c3cnn(-c4ccccc4)c3C)C(=O)C(=O)N2CCCN2CCOCC2)c1OC. The number of para-hydroxylation sites is 2. The van der Waals surface area contributed by atoms with Crippen molar-refractivity contribution < 1.29 is 28.9 Å². The third kappa shape index (κ3) is 5.07. The molecule has 3 heterocycles. The van der Waals surface area contributed by atoms with Crippen LogP contribution in [0.1, 0.15) is 29.3 Å². The number of carbonyl (C=O) groups is 2. The minimum absolute atomic E-state index is 0.00126. The summed E-state index contributed by atoms with van der Waals surface area (Å²) in [5.74, 6) is -0.814. The first-order valence-electron chi connectivity index (χ1n) is 13.4. The zero-order chi connectivity index (χ0) is 28.2. The number of ketones is 1. The molecule has 0 bridgehead atoms. The molecule has 1 aromatic heterocycles. The van der Waals surface area contributed by atoms with Gasteiger partial charge in [-0.25, -0.2) is 4.68 Å². The molecule has 10 heteroatoms. The van der Waals surface area contributed by atoms with E-state index in [2.05, 4.69) is 10.00 Å². The van der Waals surface area contributed by atoms with Gasteiger partial charge in [0.15, 0.2) is 11.5 Å². The van der Waals surface area contributed by atoms with Crippen LogP contribution in [-0.2, 0) is 14.3 Å². The maximum atomic E-state index is 13.6. The largest absolute Gasteiger partial charge is 0.507 e. The molecule has 3 aromatic rings. The van der Waals surface area contributed by atoms with Crippen molar-refractivity contribution in [3.05, 3.63) is 77.1 Å². The second-order valence-corrected chi connectivity index (χ2v) is 9.77. The van der Waals surface area contributed by atoms with Gasteiger partial charge in [0.2, 0.25) is 0 Å². The van der Waals surface area contributed by atoms with Gasteiger partial charge in [-0.15, -0.1) is 0 Å². The van der Waals surface area contributed by atoms with Crippen molar-refractivity contribution in [1.29, 1.82) is 0 Å². The van der Waals surface area contributed by atoms with Crippen molar-refractivity contribution in [2.45, 2.75) is 19.4 Å². The molecular weight excluding hydrogens is 512 g/mol. The lowest BCUT2D eigenvalue weighted by molar-refractivity contribution is -0.140. The Morgan fingerprint density at radius 1 is 1.02 bits per heavy atom. The number of Topliss-reactive ketones (excluding diaryl/α,β-unsaturated/α-hetero) is 1. The van der Waals surface area contributed by atoms with E-state index < -0.39 is 17.7 Å². The second-order valence-electron chi connectivity index (χ2n) is 9.77. The van der Waals surface area contributed by atoms with E-state index in [0.717, 1.165) is 25.3 Å².